The van der Waals surface area contributed by atoms with Gasteiger partial charge >= 0.3 is 0 Å². The summed E-state index contributed by atoms with van der Waals surface area (Å²) in [5.41, 5.74) is 2.00. The van der Waals surface area contributed by atoms with E-state index >= 15 is 0 Å². The summed E-state index contributed by atoms with van der Waals surface area (Å²) in [4.78, 5) is 0. The number of hydrogen-bond acceptors (Lipinski definition) is 4. The molecule has 0 unspecified atom stereocenters. The van der Waals surface area contributed by atoms with Gasteiger partial charge in [0.15, 0.2) is 5.76 Å². The fourth-order valence-electron chi connectivity index (χ4n) is 1.45. The molecule has 0 fully saturated rings. The molecule has 2 aromatic heterocycles. The third-order valence-corrected chi connectivity index (χ3v) is 2.26. The van der Waals surface area contributed by atoms with Crippen molar-refractivity contribution in [1.82, 2.24) is 20.3 Å². The van der Waals surface area contributed by atoms with Gasteiger partial charge in [0.1, 0.15) is 5.69 Å². The fraction of sp³-hybridized carbons (Fsp3) is 0.400. The Morgan fingerprint density at radius 3 is 3.07 bits per heavy atom. The van der Waals surface area contributed by atoms with Crippen molar-refractivity contribution in [3.05, 3.63) is 24.0 Å². The number of hydrogen-bond donors (Lipinski definition) is 1. The zero-order chi connectivity index (χ0) is 10.7. The molecule has 0 amide bonds. The van der Waals surface area contributed by atoms with E-state index in [9.17, 15) is 0 Å². The second kappa shape index (κ2) is 4.27. The van der Waals surface area contributed by atoms with Crippen LogP contribution in [-0.2, 0) is 13.6 Å². The van der Waals surface area contributed by atoms with Crippen LogP contribution in [0.1, 0.15) is 12.5 Å². The topological polar surface area (TPSA) is 55.9 Å². The van der Waals surface area contributed by atoms with Gasteiger partial charge in [-0.1, -0.05) is 12.1 Å². The predicted octanol–water partition coefficient (Wildman–Crippen LogP) is 1.18. The van der Waals surface area contributed by atoms with Gasteiger partial charge in [0.05, 0.1) is 6.20 Å². The molecule has 2 aromatic rings. The molecular weight excluding hydrogens is 192 g/mol. The lowest BCUT2D eigenvalue weighted by Crippen LogP contribution is -2.11. The molecule has 5 nitrogen and oxygen atoms in total. The lowest BCUT2D eigenvalue weighted by atomic mass is 10.2. The summed E-state index contributed by atoms with van der Waals surface area (Å²) in [7, 11) is 1.88. The molecule has 1 N–H and O–H groups in total. The highest BCUT2D eigenvalue weighted by molar-refractivity contribution is 5.55. The summed E-state index contributed by atoms with van der Waals surface area (Å²) in [6.45, 7) is 3.76. The molecule has 0 spiro atoms. The molecule has 80 valence electrons. The van der Waals surface area contributed by atoms with E-state index in [1.165, 1.54) is 0 Å². The molecule has 0 radical (unpaired) electrons. The molecule has 0 aromatic carbocycles. The molecule has 2 heterocycles. The highest BCUT2D eigenvalue weighted by Crippen LogP contribution is 2.22. The molecule has 0 bridgehead atoms. The van der Waals surface area contributed by atoms with Gasteiger partial charge in [-0.15, -0.1) is 0 Å². The zero-order valence-electron chi connectivity index (χ0n) is 8.90. The first-order valence-electron chi connectivity index (χ1n) is 4.95. The molecule has 0 saturated carbocycles. The molecule has 0 atom stereocenters. The quantitative estimate of drug-likeness (QED) is 0.816. The van der Waals surface area contributed by atoms with Crippen LogP contribution in [-0.4, -0.2) is 21.5 Å². The largest absolute Gasteiger partial charge is 0.354 e. The molecule has 15 heavy (non-hydrogen) atoms. The Hall–Kier alpha value is -1.62. The van der Waals surface area contributed by atoms with Gasteiger partial charge in [-0.2, -0.15) is 5.10 Å². The third kappa shape index (κ3) is 1.92. The number of nitrogens with zero attached hydrogens (tertiary/aromatic N) is 3. The minimum Gasteiger partial charge on any atom is -0.354 e. The average molecular weight is 206 g/mol. The van der Waals surface area contributed by atoms with Gasteiger partial charge in [-0.05, 0) is 12.6 Å². The Kier molecular flexibility index (Phi) is 2.82. The Bertz CT molecular complexity index is 432. The monoisotopic (exact) mass is 206 g/mol. The molecular formula is C10H14N4O. The summed E-state index contributed by atoms with van der Waals surface area (Å²) in [6, 6.07) is 1.91. The van der Waals surface area contributed by atoms with Crippen LogP contribution in [0.25, 0.3) is 11.5 Å². The summed E-state index contributed by atoms with van der Waals surface area (Å²) < 4.78 is 7.01. The molecule has 0 aliphatic rings. The van der Waals surface area contributed by atoms with Crippen molar-refractivity contribution in [1.29, 1.82) is 0 Å². The second-order valence-electron chi connectivity index (χ2n) is 3.30. The average Bonchev–Trinajstić information content (AvgIpc) is 2.82. The number of aromatic nitrogens is 3. The van der Waals surface area contributed by atoms with Crippen molar-refractivity contribution < 1.29 is 4.52 Å². The van der Waals surface area contributed by atoms with Gasteiger partial charge in [-0.25, -0.2) is 0 Å². The van der Waals surface area contributed by atoms with Crippen molar-refractivity contribution in [2.75, 3.05) is 6.54 Å². The summed E-state index contributed by atoms with van der Waals surface area (Å²) >= 11 is 0. The SMILES string of the molecule is CCNCc1cnoc1-c1ccnn1C. The smallest absolute Gasteiger partial charge is 0.189 e. The summed E-state index contributed by atoms with van der Waals surface area (Å²) in [5, 5.41) is 11.2. The maximum absolute atomic E-state index is 5.24. The van der Waals surface area contributed by atoms with E-state index in [1.54, 1.807) is 17.1 Å². The molecule has 2 rings (SSSR count). The van der Waals surface area contributed by atoms with Crippen LogP contribution in [0, 0.1) is 0 Å². The van der Waals surface area contributed by atoms with E-state index in [0.29, 0.717) is 0 Å². The third-order valence-electron chi connectivity index (χ3n) is 2.26. The van der Waals surface area contributed by atoms with Gasteiger partial charge in [0.2, 0.25) is 0 Å². The van der Waals surface area contributed by atoms with E-state index < -0.39 is 0 Å². The van der Waals surface area contributed by atoms with Crippen molar-refractivity contribution in [3.63, 3.8) is 0 Å². The van der Waals surface area contributed by atoms with E-state index in [1.807, 2.05) is 13.1 Å². The second-order valence-corrected chi connectivity index (χ2v) is 3.30. The van der Waals surface area contributed by atoms with E-state index in [-0.39, 0.29) is 0 Å². The standard InChI is InChI=1S/C10H14N4O/c1-3-11-6-8-7-13-15-10(8)9-4-5-12-14(9)2/h4-5,7,11H,3,6H2,1-2H3. The Morgan fingerprint density at radius 2 is 2.40 bits per heavy atom. The van der Waals surface area contributed by atoms with Gasteiger partial charge in [0, 0.05) is 25.4 Å². The van der Waals surface area contributed by atoms with Gasteiger partial charge in [-0.3, -0.25) is 4.68 Å². The fourth-order valence-corrected chi connectivity index (χ4v) is 1.45. The van der Waals surface area contributed by atoms with E-state index in [0.717, 1.165) is 30.1 Å². The normalized spacial score (nSPS) is 10.8. The van der Waals surface area contributed by atoms with E-state index in [2.05, 4.69) is 22.5 Å². The zero-order valence-corrected chi connectivity index (χ0v) is 8.90. The maximum atomic E-state index is 5.24. The van der Waals surface area contributed by atoms with Crippen LogP contribution in [0.15, 0.2) is 23.0 Å². The maximum Gasteiger partial charge on any atom is 0.189 e. The highest BCUT2D eigenvalue weighted by Gasteiger charge is 2.12. The van der Waals surface area contributed by atoms with Gasteiger partial charge in [0.25, 0.3) is 0 Å². The Morgan fingerprint density at radius 1 is 1.53 bits per heavy atom. The van der Waals surface area contributed by atoms with Crippen LogP contribution in [0.5, 0.6) is 0 Å². The molecule has 0 aliphatic heterocycles. The highest BCUT2D eigenvalue weighted by atomic mass is 16.5. The Balaban J connectivity index is 2.29. The van der Waals surface area contributed by atoms with Crippen LogP contribution >= 0.6 is 0 Å². The molecule has 0 saturated heterocycles. The lowest BCUT2D eigenvalue weighted by Gasteiger charge is -2.01. The van der Waals surface area contributed by atoms with Crippen LogP contribution in [0.3, 0.4) is 0 Å². The number of rotatable bonds is 4. The molecule has 0 aliphatic carbocycles. The predicted molar refractivity (Wildman–Crippen MR) is 56.1 cm³/mol. The number of nitrogens with one attached hydrogen (secondary N) is 1. The molecule has 5 heteroatoms. The van der Waals surface area contributed by atoms with Crippen LogP contribution in [0.2, 0.25) is 0 Å². The van der Waals surface area contributed by atoms with Gasteiger partial charge < -0.3 is 9.84 Å². The minimum atomic E-state index is 0.764. The van der Waals surface area contributed by atoms with E-state index in [4.69, 9.17) is 4.52 Å². The van der Waals surface area contributed by atoms with Crippen molar-refractivity contribution in [2.45, 2.75) is 13.5 Å². The van der Waals surface area contributed by atoms with Crippen molar-refractivity contribution >= 4 is 0 Å². The first-order chi connectivity index (χ1) is 7.33. The Labute approximate surface area is 88.1 Å². The van der Waals surface area contributed by atoms with Crippen LogP contribution in [0.4, 0.5) is 0 Å². The first kappa shape index (κ1) is 9.92. The number of aryl methyl sites for hydroxylation is 1. The van der Waals surface area contributed by atoms with Crippen LogP contribution < -0.4 is 5.32 Å². The summed E-state index contributed by atoms with van der Waals surface area (Å²) in [6.07, 6.45) is 3.49. The minimum absolute atomic E-state index is 0.764. The summed E-state index contributed by atoms with van der Waals surface area (Å²) in [5.74, 6) is 0.788. The first-order valence-corrected chi connectivity index (χ1v) is 4.95. The van der Waals surface area contributed by atoms with Crippen molar-refractivity contribution in [2.24, 2.45) is 7.05 Å². The van der Waals surface area contributed by atoms with Crippen molar-refractivity contribution in [3.8, 4) is 11.5 Å². The lowest BCUT2D eigenvalue weighted by molar-refractivity contribution is 0.428.